The molecule has 0 saturated heterocycles. The van der Waals surface area contributed by atoms with Crippen molar-refractivity contribution in [2.45, 2.75) is 39.3 Å². The molecule has 1 aromatic heterocycles. The number of hydrogen-bond donors (Lipinski definition) is 1. The number of nitrogens with one attached hydrogen (secondary N) is 1. The van der Waals surface area contributed by atoms with E-state index in [4.69, 9.17) is 4.52 Å². The molecule has 0 unspecified atom stereocenters. The molecule has 2 aromatic rings. The molecule has 0 aliphatic heterocycles. The summed E-state index contributed by atoms with van der Waals surface area (Å²) in [6.45, 7) is 5.09. The molecule has 18 heavy (non-hydrogen) atoms. The molecule has 0 amide bonds. The van der Waals surface area contributed by atoms with Crippen molar-refractivity contribution in [3.05, 3.63) is 41.1 Å². The molecular weight excluding hydrogens is 224 g/mol. The van der Waals surface area contributed by atoms with Crippen molar-refractivity contribution in [2.75, 3.05) is 0 Å². The standard InChI is InChI=1S/C15H18N2O/c1-10-3-4-12(7-11(10)2)15-13(9-17-18-15)8-16-14-5-6-14/h3-4,7,9,14,16H,5-6,8H2,1-2H3. The summed E-state index contributed by atoms with van der Waals surface area (Å²) in [5, 5.41) is 7.43. The summed E-state index contributed by atoms with van der Waals surface area (Å²) in [7, 11) is 0. The van der Waals surface area contributed by atoms with Gasteiger partial charge in [0.05, 0.1) is 6.20 Å². The van der Waals surface area contributed by atoms with E-state index in [0.717, 1.165) is 23.4 Å². The van der Waals surface area contributed by atoms with Crippen LogP contribution in [0.4, 0.5) is 0 Å². The Hall–Kier alpha value is -1.61. The molecule has 1 saturated carbocycles. The van der Waals surface area contributed by atoms with E-state index >= 15 is 0 Å². The van der Waals surface area contributed by atoms with E-state index in [2.05, 4.69) is 42.5 Å². The van der Waals surface area contributed by atoms with Gasteiger partial charge in [-0.05, 0) is 43.9 Å². The maximum atomic E-state index is 5.41. The van der Waals surface area contributed by atoms with Gasteiger partial charge in [-0.2, -0.15) is 0 Å². The SMILES string of the molecule is Cc1ccc(-c2oncc2CNC2CC2)cc1C. The van der Waals surface area contributed by atoms with Crippen molar-refractivity contribution in [1.82, 2.24) is 10.5 Å². The molecule has 3 nitrogen and oxygen atoms in total. The molecule has 0 atom stereocenters. The third-order valence-corrected chi connectivity index (χ3v) is 3.57. The highest BCUT2D eigenvalue weighted by Gasteiger charge is 2.21. The summed E-state index contributed by atoms with van der Waals surface area (Å²) in [6.07, 6.45) is 4.41. The van der Waals surface area contributed by atoms with Crippen molar-refractivity contribution >= 4 is 0 Å². The number of hydrogen-bond acceptors (Lipinski definition) is 3. The van der Waals surface area contributed by atoms with Gasteiger partial charge < -0.3 is 9.84 Å². The first-order valence-corrected chi connectivity index (χ1v) is 6.48. The third-order valence-electron chi connectivity index (χ3n) is 3.57. The first kappa shape index (κ1) is 11.5. The van der Waals surface area contributed by atoms with Gasteiger partial charge in [0.1, 0.15) is 0 Å². The summed E-state index contributed by atoms with van der Waals surface area (Å²) >= 11 is 0. The first-order valence-electron chi connectivity index (χ1n) is 6.48. The van der Waals surface area contributed by atoms with Gasteiger partial charge in [-0.25, -0.2) is 0 Å². The largest absolute Gasteiger partial charge is 0.356 e. The minimum atomic E-state index is 0.701. The second-order valence-corrected chi connectivity index (χ2v) is 5.13. The van der Waals surface area contributed by atoms with Crippen LogP contribution in [0.1, 0.15) is 29.5 Å². The molecule has 3 rings (SSSR count). The lowest BCUT2D eigenvalue weighted by atomic mass is 10.0. The van der Waals surface area contributed by atoms with Crippen LogP contribution in [0.15, 0.2) is 28.9 Å². The molecule has 0 spiro atoms. The number of aryl methyl sites for hydroxylation is 2. The predicted octanol–water partition coefficient (Wildman–Crippen LogP) is 3.21. The van der Waals surface area contributed by atoms with E-state index in [0.29, 0.717) is 6.04 Å². The predicted molar refractivity (Wildman–Crippen MR) is 71.3 cm³/mol. The Balaban J connectivity index is 1.85. The highest BCUT2D eigenvalue weighted by atomic mass is 16.5. The molecule has 1 aliphatic rings. The van der Waals surface area contributed by atoms with Gasteiger partial charge in [-0.15, -0.1) is 0 Å². The van der Waals surface area contributed by atoms with Crippen molar-refractivity contribution < 1.29 is 4.52 Å². The van der Waals surface area contributed by atoms with Crippen LogP contribution in [0.25, 0.3) is 11.3 Å². The molecule has 1 aromatic carbocycles. The van der Waals surface area contributed by atoms with E-state index in [9.17, 15) is 0 Å². The van der Waals surface area contributed by atoms with Crippen LogP contribution < -0.4 is 5.32 Å². The van der Waals surface area contributed by atoms with Crippen LogP contribution >= 0.6 is 0 Å². The third kappa shape index (κ3) is 2.31. The summed E-state index contributed by atoms with van der Waals surface area (Å²) in [4.78, 5) is 0. The number of nitrogens with zero attached hydrogens (tertiary/aromatic N) is 1. The summed E-state index contributed by atoms with van der Waals surface area (Å²) in [5.41, 5.74) is 4.84. The normalized spacial score (nSPS) is 15.0. The van der Waals surface area contributed by atoms with Crippen molar-refractivity contribution in [1.29, 1.82) is 0 Å². The molecule has 1 N–H and O–H groups in total. The number of aromatic nitrogens is 1. The van der Waals surface area contributed by atoms with Crippen LogP contribution in [0, 0.1) is 13.8 Å². The Morgan fingerprint density at radius 3 is 2.83 bits per heavy atom. The lowest BCUT2D eigenvalue weighted by molar-refractivity contribution is 0.431. The van der Waals surface area contributed by atoms with Gasteiger partial charge in [-0.1, -0.05) is 17.3 Å². The Bertz CT molecular complexity index is 555. The summed E-state index contributed by atoms with van der Waals surface area (Å²) in [5.74, 6) is 0.895. The fraction of sp³-hybridized carbons (Fsp3) is 0.400. The van der Waals surface area contributed by atoms with E-state index in [1.54, 1.807) is 0 Å². The Labute approximate surface area is 107 Å². The maximum absolute atomic E-state index is 5.41. The van der Waals surface area contributed by atoms with E-state index in [1.165, 1.54) is 24.0 Å². The molecule has 94 valence electrons. The highest BCUT2D eigenvalue weighted by molar-refractivity contribution is 5.62. The van der Waals surface area contributed by atoms with Gasteiger partial charge in [-0.3, -0.25) is 0 Å². The molecule has 3 heteroatoms. The van der Waals surface area contributed by atoms with E-state index < -0.39 is 0 Å². The lowest BCUT2D eigenvalue weighted by Gasteiger charge is -2.05. The van der Waals surface area contributed by atoms with Gasteiger partial charge >= 0.3 is 0 Å². The average molecular weight is 242 g/mol. The van der Waals surface area contributed by atoms with Crippen LogP contribution in [0.5, 0.6) is 0 Å². The van der Waals surface area contributed by atoms with Crippen LogP contribution in [0.2, 0.25) is 0 Å². The lowest BCUT2D eigenvalue weighted by Crippen LogP contribution is -2.15. The number of rotatable bonds is 4. The molecule has 1 fully saturated rings. The minimum Gasteiger partial charge on any atom is -0.356 e. The highest BCUT2D eigenvalue weighted by Crippen LogP contribution is 2.26. The van der Waals surface area contributed by atoms with Crippen LogP contribution in [-0.4, -0.2) is 11.2 Å². The van der Waals surface area contributed by atoms with Crippen molar-refractivity contribution in [2.24, 2.45) is 0 Å². The second kappa shape index (κ2) is 4.58. The molecule has 0 radical (unpaired) electrons. The summed E-state index contributed by atoms with van der Waals surface area (Å²) in [6, 6.07) is 7.10. The Morgan fingerprint density at radius 2 is 2.11 bits per heavy atom. The quantitative estimate of drug-likeness (QED) is 0.894. The maximum Gasteiger partial charge on any atom is 0.171 e. The zero-order valence-corrected chi connectivity index (χ0v) is 10.9. The monoisotopic (exact) mass is 242 g/mol. The van der Waals surface area contributed by atoms with Crippen LogP contribution in [0.3, 0.4) is 0 Å². The molecule has 1 heterocycles. The zero-order chi connectivity index (χ0) is 12.5. The van der Waals surface area contributed by atoms with Crippen molar-refractivity contribution in [3.63, 3.8) is 0 Å². The minimum absolute atomic E-state index is 0.701. The number of benzene rings is 1. The fourth-order valence-electron chi connectivity index (χ4n) is 2.05. The van der Waals surface area contributed by atoms with E-state index in [1.807, 2.05) is 6.20 Å². The van der Waals surface area contributed by atoms with Gasteiger partial charge in [0.25, 0.3) is 0 Å². The smallest absolute Gasteiger partial charge is 0.171 e. The average Bonchev–Trinajstić information content (AvgIpc) is 3.08. The van der Waals surface area contributed by atoms with Gasteiger partial charge in [0, 0.05) is 23.7 Å². The fourth-order valence-corrected chi connectivity index (χ4v) is 2.05. The second-order valence-electron chi connectivity index (χ2n) is 5.13. The van der Waals surface area contributed by atoms with Crippen molar-refractivity contribution in [3.8, 4) is 11.3 Å². The molecular formula is C15H18N2O. The van der Waals surface area contributed by atoms with E-state index in [-0.39, 0.29) is 0 Å². The zero-order valence-electron chi connectivity index (χ0n) is 10.9. The topological polar surface area (TPSA) is 38.1 Å². The Morgan fingerprint density at radius 1 is 1.28 bits per heavy atom. The summed E-state index contributed by atoms with van der Waals surface area (Å²) < 4.78 is 5.41. The molecule has 1 aliphatic carbocycles. The van der Waals surface area contributed by atoms with Gasteiger partial charge in [0.2, 0.25) is 0 Å². The molecule has 0 bridgehead atoms. The van der Waals surface area contributed by atoms with Crippen LogP contribution in [-0.2, 0) is 6.54 Å². The Kier molecular flexibility index (Phi) is 2.92. The first-order chi connectivity index (χ1) is 8.74. The van der Waals surface area contributed by atoms with Gasteiger partial charge in [0.15, 0.2) is 5.76 Å².